The van der Waals surface area contributed by atoms with E-state index in [1.807, 2.05) is 18.2 Å². The Bertz CT molecular complexity index is 545. The third kappa shape index (κ3) is 2.66. The predicted molar refractivity (Wildman–Crippen MR) is 70.2 cm³/mol. The second-order valence-corrected chi connectivity index (χ2v) is 4.08. The summed E-state index contributed by atoms with van der Waals surface area (Å²) in [6.07, 6.45) is 8.15. The SMILES string of the molecule is Nc1ccc(C(=O)NC2=CC=CCC2)c(C=O)c1. The van der Waals surface area contributed by atoms with Gasteiger partial charge in [0.2, 0.25) is 0 Å². The van der Waals surface area contributed by atoms with E-state index < -0.39 is 0 Å². The number of benzene rings is 1. The van der Waals surface area contributed by atoms with Gasteiger partial charge in [0.15, 0.2) is 6.29 Å². The highest BCUT2D eigenvalue weighted by molar-refractivity contribution is 6.02. The number of nitrogen functional groups attached to an aromatic ring is 1. The quantitative estimate of drug-likeness (QED) is 0.629. The van der Waals surface area contributed by atoms with Gasteiger partial charge in [-0.05, 0) is 37.1 Å². The fourth-order valence-electron chi connectivity index (χ4n) is 1.81. The van der Waals surface area contributed by atoms with Crippen LogP contribution in [0.5, 0.6) is 0 Å². The van der Waals surface area contributed by atoms with Gasteiger partial charge in [-0.1, -0.05) is 12.2 Å². The first-order chi connectivity index (χ1) is 8.70. The maximum Gasteiger partial charge on any atom is 0.256 e. The van der Waals surface area contributed by atoms with Gasteiger partial charge in [-0.15, -0.1) is 0 Å². The van der Waals surface area contributed by atoms with E-state index in [-0.39, 0.29) is 5.91 Å². The summed E-state index contributed by atoms with van der Waals surface area (Å²) in [6, 6.07) is 4.67. The monoisotopic (exact) mass is 242 g/mol. The molecule has 1 aromatic rings. The minimum Gasteiger partial charge on any atom is -0.399 e. The zero-order chi connectivity index (χ0) is 13.0. The molecule has 0 saturated carbocycles. The smallest absolute Gasteiger partial charge is 0.256 e. The van der Waals surface area contributed by atoms with Gasteiger partial charge in [-0.2, -0.15) is 0 Å². The highest BCUT2D eigenvalue weighted by Gasteiger charge is 2.12. The molecule has 0 spiro atoms. The van der Waals surface area contributed by atoms with Crippen molar-refractivity contribution in [2.45, 2.75) is 12.8 Å². The van der Waals surface area contributed by atoms with E-state index in [2.05, 4.69) is 5.32 Å². The largest absolute Gasteiger partial charge is 0.399 e. The van der Waals surface area contributed by atoms with Crippen molar-refractivity contribution in [3.8, 4) is 0 Å². The summed E-state index contributed by atoms with van der Waals surface area (Å²) in [6.45, 7) is 0. The molecule has 0 fully saturated rings. The van der Waals surface area contributed by atoms with Crippen molar-refractivity contribution < 1.29 is 9.59 Å². The summed E-state index contributed by atoms with van der Waals surface area (Å²) in [5.41, 5.74) is 7.55. The number of amides is 1. The van der Waals surface area contributed by atoms with Gasteiger partial charge in [-0.3, -0.25) is 9.59 Å². The molecule has 1 aromatic carbocycles. The third-order valence-electron chi connectivity index (χ3n) is 2.74. The van der Waals surface area contributed by atoms with Crippen LogP contribution < -0.4 is 11.1 Å². The second-order valence-electron chi connectivity index (χ2n) is 4.08. The molecule has 1 aliphatic carbocycles. The summed E-state index contributed by atoms with van der Waals surface area (Å²) < 4.78 is 0. The number of carbonyl (C=O) groups is 2. The number of hydrogen-bond donors (Lipinski definition) is 2. The Balaban J connectivity index is 2.20. The van der Waals surface area contributed by atoms with Gasteiger partial charge in [-0.25, -0.2) is 0 Å². The van der Waals surface area contributed by atoms with Crippen molar-refractivity contribution in [3.05, 3.63) is 53.3 Å². The van der Waals surface area contributed by atoms with E-state index in [1.54, 1.807) is 12.1 Å². The average Bonchev–Trinajstić information content (AvgIpc) is 2.39. The second kappa shape index (κ2) is 5.31. The molecule has 0 unspecified atom stereocenters. The number of nitrogens with one attached hydrogen (secondary N) is 1. The molecule has 92 valence electrons. The molecule has 0 saturated heterocycles. The van der Waals surface area contributed by atoms with Crippen LogP contribution in [0.3, 0.4) is 0 Å². The molecule has 0 heterocycles. The van der Waals surface area contributed by atoms with Crippen LogP contribution in [-0.2, 0) is 0 Å². The molecule has 0 aliphatic heterocycles. The standard InChI is InChI=1S/C14H14N2O2/c15-11-6-7-13(10(8-11)9-17)14(18)16-12-4-2-1-3-5-12/h1-2,4,6-9H,3,5,15H2,(H,16,18). The van der Waals surface area contributed by atoms with Crippen LogP contribution >= 0.6 is 0 Å². The summed E-state index contributed by atoms with van der Waals surface area (Å²) in [5, 5.41) is 2.80. The van der Waals surface area contributed by atoms with E-state index >= 15 is 0 Å². The summed E-state index contributed by atoms with van der Waals surface area (Å²) in [5.74, 6) is -0.279. The van der Waals surface area contributed by atoms with Crippen LogP contribution in [-0.4, -0.2) is 12.2 Å². The summed E-state index contributed by atoms with van der Waals surface area (Å²) >= 11 is 0. The Hall–Kier alpha value is -2.36. The van der Waals surface area contributed by atoms with Gasteiger partial charge >= 0.3 is 0 Å². The fraction of sp³-hybridized carbons (Fsp3) is 0.143. The molecular weight excluding hydrogens is 228 g/mol. The Labute approximate surface area is 105 Å². The molecule has 18 heavy (non-hydrogen) atoms. The highest BCUT2D eigenvalue weighted by atomic mass is 16.1. The number of aldehydes is 1. The van der Waals surface area contributed by atoms with E-state index in [0.717, 1.165) is 18.5 Å². The normalized spacial score (nSPS) is 13.9. The Kier molecular flexibility index (Phi) is 3.57. The lowest BCUT2D eigenvalue weighted by atomic mass is 10.1. The summed E-state index contributed by atoms with van der Waals surface area (Å²) in [4.78, 5) is 22.9. The van der Waals surface area contributed by atoms with Crippen molar-refractivity contribution in [3.63, 3.8) is 0 Å². The molecule has 1 amide bonds. The number of allylic oxidation sites excluding steroid dienone is 4. The van der Waals surface area contributed by atoms with Gasteiger partial charge < -0.3 is 11.1 Å². The lowest BCUT2D eigenvalue weighted by Crippen LogP contribution is -2.24. The van der Waals surface area contributed by atoms with Crippen molar-refractivity contribution >= 4 is 17.9 Å². The number of carbonyl (C=O) groups excluding carboxylic acids is 2. The van der Waals surface area contributed by atoms with Crippen LogP contribution in [0.1, 0.15) is 33.6 Å². The minimum atomic E-state index is -0.279. The van der Waals surface area contributed by atoms with Crippen molar-refractivity contribution in [1.29, 1.82) is 0 Å². The van der Waals surface area contributed by atoms with Crippen LogP contribution in [0.25, 0.3) is 0 Å². The van der Waals surface area contributed by atoms with E-state index in [9.17, 15) is 9.59 Å². The molecule has 0 atom stereocenters. The first-order valence-corrected chi connectivity index (χ1v) is 5.72. The molecule has 4 heteroatoms. The van der Waals surface area contributed by atoms with Gasteiger partial charge in [0.1, 0.15) is 0 Å². The Morgan fingerprint density at radius 1 is 1.39 bits per heavy atom. The van der Waals surface area contributed by atoms with E-state index in [0.29, 0.717) is 23.1 Å². The molecule has 1 aliphatic rings. The van der Waals surface area contributed by atoms with E-state index in [4.69, 9.17) is 5.73 Å². The van der Waals surface area contributed by atoms with Crippen LogP contribution in [0.4, 0.5) is 5.69 Å². The predicted octanol–water partition coefficient (Wildman–Crippen LogP) is 2.04. The average molecular weight is 242 g/mol. The maximum absolute atomic E-state index is 12.0. The molecule has 0 aromatic heterocycles. The van der Waals surface area contributed by atoms with Crippen molar-refractivity contribution in [2.75, 3.05) is 5.73 Å². The zero-order valence-electron chi connectivity index (χ0n) is 9.85. The van der Waals surface area contributed by atoms with Crippen LogP contribution in [0.15, 0.2) is 42.1 Å². The number of anilines is 1. The number of nitrogens with two attached hydrogens (primary N) is 1. The molecular formula is C14H14N2O2. The third-order valence-corrected chi connectivity index (χ3v) is 2.74. The van der Waals surface area contributed by atoms with Crippen molar-refractivity contribution in [1.82, 2.24) is 5.32 Å². The number of rotatable bonds is 3. The number of hydrogen-bond acceptors (Lipinski definition) is 3. The fourth-order valence-corrected chi connectivity index (χ4v) is 1.81. The van der Waals surface area contributed by atoms with Gasteiger partial charge in [0, 0.05) is 16.9 Å². The Morgan fingerprint density at radius 3 is 2.89 bits per heavy atom. The van der Waals surface area contributed by atoms with Crippen molar-refractivity contribution in [2.24, 2.45) is 0 Å². The zero-order valence-corrected chi connectivity index (χ0v) is 9.85. The lowest BCUT2D eigenvalue weighted by molar-refractivity contribution is 0.0958. The first-order valence-electron chi connectivity index (χ1n) is 5.72. The lowest BCUT2D eigenvalue weighted by Gasteiger charge is -2.12. The first kappa shape index (κ1) is 12.1. The van der Waals surface area contributed by atoms with Crippen LogP contribution in [0.2, 0.25) is 0 Å². The molecule has 0 bridgehead atoms. The molecule has 3 N–H and O–H groups in total. The summed E-state index contributed by atoms with van der Waals surface area (Å²) in [7, 11) is 0. The van der Waals surface area contributed by atoms with Crippen LogP contribution in [0, 0.1) is 0 Å². The van der Waals surface area contributed by atoms with Gasteiger partial charge in [0.05, 0.1) is 5.56 Å². The van der Waals surface area contributed by atoms with E-state index in [1.165, 1.54) is 6.07 Å². The maximum atomic E-state index is 12.0. The molecule has 4 nitrogen and oxygen atoms in total. The molecule has 2 rings (SSSR count). The topological polar surface area (TPSA) is 72.2 Å². The Morgan fingerprint density at radius 2 is 2.22 bits per heavy atom. The van der Waals surface area contributed by atoms with Gasteiger partial charge in [0.25, 0.3) is 5.91 Å². The minimum absolute atomic E-state index is 0.279. The molecule has 0 radical (unpaired) electrons. The highest BCUT2D eigenvalue weighted by Crippen LogP contribution is 2.14.